The third kappa shape index (κ3) is 3.06. The van der Waals surface area contributed by atoms with Gasteiger partial charge in [-0.2, -0.15) is 0 Å². The largest absolute Gasteiger partial charge is 0.514 e. The van der Waals surface area contributed by atoms with Crippen LogP contribution in [0.15, 0.2) is 30.7 Å². The van der Waals surface area contributed by atoms with Crippen molar-refractivity contribution in [2.75, 3.05) is 7.11 Å². The summed E-state index contributed by atoms with van der Waals surface area (Å²) in [5.74, 6) is -1.31. The molecule has 0 amide bonds. The molecule has 0 aliphatic heterocycles. The van der Waals surface area contributed by atoms with E-state index in [9.17, 15) is 13.6 Å². The molecule has 2 aromatic rings. The molecule has 0 spiro atoms. The highest BCUT2D eigenvalue weighted by molar-refractivity contribution is 5.62. The number of carbonyl (C=O) groups is 1. The maximum absolute atomic E-state index is 13.4. The Morgan fingerprint density at radius 2 is 2.05 bits per heavy atom. The summed E-state index contributed by atoms with van der Waals surface area (Å²) in [7, 11) is 1.16. The van der Waals surface area contributed by atoms with Crippen molar-refractivity contribution in [3.63, 3.8) is 0 Å². The zero-order chi connectivity index (χ0) is 13.8. The van der Waals surface area contributed by atoms with Gasteiger partial charge in [0.05, 0.1) is 26.2 Å². The number of imidazole rings is 1. The molecule has 0 saturated carbocycles. The smallest absolute Gasteiger partial charge is 0.437 e. The number of nitrogens with zero attached hydrogens (tertiary/aromatic N) is 2. The van der Waals surface area contributed by atoms with Gasteiger partial charge in [-0.25, -0.2) is 18.6 Å². The number of benzene rings is 1. The number of rotatable bonds is 3. The van der Waals surface area contributed by atoms with E-state index in [4.69, 9.17) is 0 Å². The Morgan fingerprint density at radius 1 is 1.37 bits per heavy atom. The fourth-order valence-electron chi connectivity index (χ4n) is 1.47. The first-order valence-electron chi connectivity index (χ1n) is 5.30. The molecule has 5 nitrogen and oxygen atoms in total. The second-order valence-corrected chi connectivity index (χ2v) is 3.64. The Morgan fingerprint density at radius 3 is 2.68 bits per heavy atom. The SMILES string of the molecule is COC(=O)Oc1cn(Cc2c(F)cccc2F)cn1. The molecule has 0 fully saturated rings. The van der Waals surface area contributed by atoms with Gasteiger partial charge in [0, 0.05) is 5.56 Å². The molecular formula is C12H10F2N2O3. The Labute approximate surface area is 107 Å². The van der Waals surface area contributed by atoms with Gasteiger partial charge < -0.3 is 14.0 Å². The van der Waals surface area contributed by atoms with Crippen molar-refractivity contribution in [2.24, 2.45) is 0 Å². The highest BCUT2D eigenvalue weighted by Gasteiger charge is 2.11. The topological polar surface area (TPSA) is 53.4 Å². The van der Waals surface area contributed by atoms with Gasteiger partial charge in [0.1, 0.15) is 11.6 Å². The molecule has 0 saturated heterocycles. The molecule has 100 valence electrons. The van der Waals surface area contributed by atoms with Crippen molar-refractivity contribution in [1.29, 1.82) is 0 Å². The van der Waals surface area contributed by atoms with Crippen LogP contribution in [-0.2, 0) is 11.3 Å². The van der Waals surface area contributed by atoms with Gasteiger partial charge in [-0.3, -0.25) is 0 Å². The summed E-state index contributed by atoms with van der Waals surface area (Å²) in [6.45, 7) is -0.0595. The Bertz CT molecular complexity index is 578. The van der Waals surface area contributed by atoms with Crippen molar-refractivity contribution in [3.8, 4) is 5.88 Å². The number of halogens is 2. The van der Waals surface area contributed by atoms with E-state index in [0.717, 1.165) is 7.11 Å². The standard InChI is InChI=1S/C12H10F2N2O3/c1-18-12(17)19-11-6-16(7-15-11)5-8-9(13)3-2-4-10(8)14/h2-4,6-7H,5H2,1H3. The van der Waals surface area contributed by atoms with Crippen LogP contribution < -0.4 is 4.74 Å². The fraction of sp³-hybridized carbons (Fsp3) is 0.167. The minimum Gasteiger partial charge on any atom is -0.437 e. The monoisotopic (exact) mass is 268 g/mol. The highest BCUT2D eigenvalue weighted by Crippen LogP contribution is 2.15. The molecule has 0 aliphatic rings. The molecule has 0 atom stereocenters. The second kappa shape index (κ2) is 5.47. The lowest BCUT2D eigenvalue weighted by molar-refractivity contribution is 0.120. The highest BCUT2D eigenvalue weighted by atomic mass is 19.1. The maximum Gasteiger partial charge on any atom is 0.514 e. The summed E-state index contributed by atoms with van der Waals surface area (Å²) in [6.07, 6.45) is 1.72. The van der Waals surface area contributed by atoms with Gasteiger partial charge in [-0.15, -0.1) is 0 Å². The fourth-order valence-corrected chi connectivity index (χ4v) is 1.47. The lowest BCUT2D eigenvalue weighted by Gasteiger charge is -2.05. The van der Waals surface area contributed by atoms with Crippen molar-refractivity contribution in [3.05, 3.63) is 47.9 Å². The van der Waals surface area contributed by atoms with Gasteiger partial charge in [0.25, 0.3) is 0 Å². The van der Waals surface area contributed by atoms with Gasteiger partial charge >= 0.3 is 6.16 Å². The molecule has 0 N–H and O–H groups in total. The van der Waals surface area contributed by atoms with Crippen LogP contribution in [0, 0.1) is 11.6 Å². The van der Waals surface area contributed by atoms with E-state index in [1.54, 1.807) is 0 Å². The molecular weight excluding hydrogens is 258 g/mol. The van der Waals surface area contributed by atoms with Crippen molar-refractivity contribution in [1.82, 2.24) is 9.55 Å². The summed E-state index contributed by atoms with van der Waals surface area (Å²) in [5.41, 5.74) is -0.0930. The van der Waals surface area contributed by atoms with Gasteiger partial charge in [0.15, 0.2) is 0 Å². The van der Waals surface area contributed by atoms with Crippen LogP contribution >= 0.6 is 0 Å². The number of aromatic nitrogens is 2. The third-order valence-electron chi connectivity index (χ3n) is 2.37. The van der Waals surface area contributed by atoms with Crippen LogP contribution in [0.2, 0.25) is 0 Å². The molecule has 0 radical (unpaired) electrons. The molecule has 0 unspecified atom stereocenters. The first kappa shape index (κ1) is 13.0. The third-order valence-corrected chi connectivity index (χ3v) is 2.37. The predicted molar refractivity (Wildman–Crippen MR) is 60.7 cm³/mol. The molecule has 2 rings (SSSR count). The lowest BCUT2D eigenvalue weighted by Crippen LogP contribution is -2.07. The molecule has 1 aromatic carbocycles. The van der Waals surface area contributed by atoms with Gasteiger partial charge in [-0.05, 0) is 12.1 Å². The summed E-state index contributed by atoms with van der Waals surface area (Å²) >= 11 is 0. The first-order chi connectivity index (χ1) is 9.10. The summed E-state index contributed by atoms with van der Waals surface area (Å²) in [6, 6.07) is 3.62. The zero-order valence-corrected chi connectivity index (χ0v) is 9.97. The van der Waals surface area contributed by atoms with E-state index < -0.39 is 17.8 Å². The predicted octanol–water partition coefficient (Wildman–Crippen LogP) is 2.35. The van der Waals surface area contributed by atoms with E-state index in [2.05, 4.69) is 14.5 Å². The second-order valence-electron chi connectivity index (χ2n) is 3.64. The number of carbonyl (C=O) groups excluding carboxylic acids is 1. The lowest BCUT2D eigenvalue weighted by atomic mass is 10.2. The van der Waals surface area contributed by atoms with Crippen LogP contribution in [0.1, 0.15) is 5.56 Å². The number of methoxy groups -OCH3 is 1. The minimum atomic E-state index is -0.915. The molecule has 1 aromatic heterocycles. The summed E-state index contributed by atoms with van der Waals surface area (Å²) in [5, 5.41) is 0. The van der Waals surface area contributed by atoms with Gasteiger partial charge in [0.2, 0.25) is 5.88 Å². The van der Waals surface area contributed by atoms with Crippen molar-refractivity contribution in [2.45, 2.75) is 6.54 Å². The Balaban J connectivity index is 2.14. The van der Waals surface area contributed by atoms with Crippen molar-refractivity contribution < 1.29 is 23.0 Å². The quantitative estimate of drug-likeness (QED) is 0.802. The van der Waals surface area contributed by atoms with E-state index in [0.29, 0.717) is 0 Å². The molecule has 19 heavy (non-hydrogen) atoms. The average Bonchev–Trinajstić information content (AvgIpc) is 2.81. The van der Waals surface area contributed by atoms with Crippen molar-refractivity contribution >= 4 is 6.16 Å². The molecule has 0 bridgehead atoms. The van der Waals surface area contributed by atoms with Gasteiger partial charge in [-0.1, -0.05) is 6.07 Å². The van der Waals surface area contributed by atoms with E-state index in [1.165, 1.54) is 35.3 Å². The zero-order valence-electron chi connectivity index (χ0n) is 9.97. The number of ether oxygens (including phenoxy) is 2. The normalized spacial score (nSPS) is 10.3. The maximum atomic E-state index is 13.4. The number of hydrogen-bond donors (Lipinski definition) is 0. The number of hydrogen-bond acceptors (Lipinski definition) is 4. The van der Waals surface area contributed by atoms with E-state index in [1.807, 2.05) is 0 Å². The average molecular weight is 268 g/mol. The molecule has 1 heterocycles. The van der Waals surface area contributed by atoms with Crippen LogP contribution in [0.3, 0.4) is 0 Å². The van der Waals surface area contributed by atoms with E-state index >= 15 is 0 Å². The van der Waals surface area contributed by atoms with Crippen LogP contribution in [0.5, 0.6) is 5.88 Å². The minimum absolute atomic E-state index is 0.0106. The first-order valence-corrected chi connectivity index (χ1v) is 5.30. The summed E-state index contributed by atoms with van der Waals surface area (Å²) in [4.78, 5) is 14.6. The summed E-state index contributed by atoms with van der Waals surface area (Å²) < 4.78 is 37.2. The Kier molecular flexibility index (Phi) is 3.74. The van der Waals surface area contributed by atoms with E-state index in [-0.39, 0.29) is 18.0 Å². The molecule has 0 aliphatic carbocycles. The van der Waals surface area contributed by atoms with Crippen LogP contribution in [0.4, 0.5) is 13.6 Å². The van der Waals surface area contributed by atoms with Crippen LogP contribution in [-0.4, -0.2) is 22.8 Å². The van der Waals surface area contributed by atoms with Crippen LogP contribution in [0.25, 0.3) is 0 Å². The molecule has 7 heteroatoms. The Hall–Kier alpha value is -2.44.